The van der Waals surface area contributed by atoms with Crippen LogP contribution in [0.15, 0.2) is 97.1 Å². The van der Waals surface area contributed by atoms with Crippen molar-refractivity contribution in [1.82, 2.24) is 5.32 Å². The summed E-state index contributed by atoms with van der Waals surface area (Å²) in [6.07, 6.45) is 0. The van der Waals surface area contributed by atoms with Gasteiger partial charge in [0.25, 0.3) is 11.8 Å². The van der Waals surface area contributed by atoms with E-state index in [0.717, 1.165) is 16.3 Å². The molecule has 0 unspecified atom stereocenters. The van der Waals surface area contributed by atoms with Gasteiger partial charge < -0.3 is 15.4 Å². The smallest absolute Gasteiger partial charge is 0.262 e. The maximum absolute atomic E-state index is 12.8. The summed E-state index contributed by atoms with van der Waals surface area (Å²) >= 11 is 0. The van der Waals surface area contributed by atoms with Crippen molar-refractivity contribution in [3.05, 3.63) is 108 Å². The van der Waals surface area contributed by atoms with Gasteiger partial charge in [0.05, 0.1) is 17.3 Å². The van der Waals surface area contributed by atoms with Crippen molar-refractivity contribution >= 4 is 28.3 Å². The molecular weight excluding hydrogens is 400 g/mol. The van der Waals surface area contributed by atoms with Gasteiger partial charge in [0, 0.05) is 0 Å². The third-order valence-corrected chi connectivity index (χ3v) is 5.18. The second-order valence-electron chi connectivity index (χ2n) is 7.50. The minimum absolute atomic E-state index is 0.158. The summed E-state index contributed by atoms with van der Waals surface area (Å²) < 4.78 is 5.66. The summed E-state index contributed by atoms with van der Waals surface area (Å²) in [5.41, 5.74) is 1.85. The summed E-state index contributed by atoms with van der Waals surface area (Å²) in [5.74, 6) is 0.0174. The van der Waals surface area contributed by atoms with Gasteiger partial charge in [-0.05, 0) is 47.5 Å². The molecule has 0 bridgehead atoms. The molecule has 1 atom stereocenters. The van der Waals surface area contributed by atoms with Crippen LogP contribution in [0.1, 0.15) is 28.9 Å². The van der Waals surface area contributed by atoms with Crippen molar-refractivity contribution in [2.24, 2.45) is 0 Å². The zero-order chi connectivity index (χ0) is 22.3. The van der Waals surface area contributed by atoms with E-state index in [4.69, 9.17) is 4.74 Å². The summed E-state index contributed by atoms with van der Waals surface area (Å²) in [6, 6.07) is 30.1. The molecule has 160 valence electrons. The minimum Gasteiger partial charge on any atom is -0.484 e. The van der Waals surface area contributed by atoms with Gasteiger partial charge in [-0.15, -0.1) is 0 Å². The number of hydrogen-bond acceptors (Lipinski definition) is 3. The molecule has 0 saturated heterocycles. The predicted molar refractivity (Wildman–Crippen MR) is 127 cm³/mol. The normalized spacial score (nSPS) is 11.5. The van der Waals surface area contributed by atoms with E-state index in [0.29, 0.717) is 17.0 Å². The Labute approximate surface area is 187 Å². The van der Waals surface area contributed by atoms with Crippen molar-refractivity contribution in [3.63, 3.8) is 0 Å². The van der Waals surface area contributed by atoms with E-state index in [1.807, 2.05) is 79.7 Å². The Morgan fingerprint density at radius 3 is 2.31 bits per heavy atom. The van der Waals surface area contributed by atoms with Crippen molar-refractivity contribution in [3.8, 4) is 5.75 Å². The van der Waals surface area contributed by atoms with Gasteiger partial charge in [0.15, 0.2) is 6.61 Å². The van der Waals surface area contributed by atoms with Crippen LogP contribution in [-0.2, 0) is 4.79 Å². The lowest BCUT2D eigenvalue weighted by Gasteiger charge is -2.16. The van der Waals surface area contributed by atoms with Crippen LogP contribution in [0.2, 0.25) is 0 Å². The molecule has 0 heterocycles. The van der Waals surface area contributed by atoms with Crippen LogP contribution in [0.3, 0.4) is 0 Å². The topological polar surface area (TPSA) is 67.4 Å². The van der Waals surface area contributed by atoms with Gasteiger partial charge in [0.1, 0.15) is 5.75 Å². The second-order valence-corrected chi connectivity index (χ2v) is 7.50. The van der Waals surface area contributed by atoms with Crippen LogP contribution in [0.5, 0.6) is 5.75 Å². The SMILES string of the molecule is C[C@@H](NC(=O)c1ccccc1NC(=O)COc1ccc2ccccc2c1)c1ccccc1. The van der Waals surface area contributed by atoms with Gasteiger partial charge in [0.2, 0.25) is 0 Å². The lowest BCUT2D eigenvalue weighted by atomic mass is 10.1. The first-order valence-corrected chi connectivity index (χ1v) is 10.5. The van der Waals surface area contributed by atoms with Crippen LogP contribution >= 0.6 is 0 Å². The van der Waals surface area contributed by atoms with E-state index in [1.54, 1.807) is 24.3 Å². The van der Waals surface area contributed by atoms with E-state index < -0.39 is 0 Å². The number of benzene rings is 4. The number of fused-ring (bicyclic) bond motifs is 1. The molecule has 5 nitrogen and oxygen atoms in total. The Kier molecular flexibility index (Phi) is 6.46. The van der Waals surface area contributed by atoms with E-state index in [1.165, 1.54) is 0 Å². The van der Waals surface area contributed by atoms with Crippen molar-refractivity contribution in [1.29, 1.82) is 0 Å². The molecule has 5 heteroatoms. The average Bonchev–Trinajstić information content (AvgIpc) is 2.83. The van der Waals surface area contributed by atoms with Gasteiger partial charge in [-0.25, -0.2) is 0 Å². The number of ether oxygens (including phenoxy) is 1. The highest BCUT2D eigenvalue weighted by atomic mass is 16.5. The molecule has 4 aromatic rings. The van der Waals surface area contributed by atoms with Crippen LogP contribution in [-0.4, -0.2) is 18.4 Å². The van der Waals surface area contributed by atoms with Crippen molar-refractivity contribution in [2.45, 2.75) is 13.0 Å². The van der Waals surface area contributed by atoms with E-state index in [2.05, 4.69) is 10.6 Å². The first-order valence-electron chi connectivity index (χ1n) is 10.5. The quantitative estimate of drug-likeness (QED) is 0.420. The molecule has 0 aliphatic heterocycles. The Morgan fingerprint density at radius 1 is 0.812 bits per heavy atom. The molecule has 2 amide bonds. The molecular formula is C27H24N2O3. The fraction of sp³-hybridized carbons (Fsp3) is 0.111. The molecule has 32 heavy (non-hydrogen) atoms. The Balaban J connectivity index is 1.39. The molecule has 4 aromatic carbocycles. The highest BCUT2D eigenvalue weighted by Gasteiger charge is 2.16. The number of para-hydroxylation sites is 1. The summed E-state index contributed by atoms with van der Waals surface area (Å²) in [7, 11) is 0. The molecule has 0 radical (unpaired) electrons. The number of carbonyl (C=O) groups excluding carboxylic acids is 2. The zero-order valence-electron chi connectivity index (χ0n) is 17.7. The minimum atomic E-state index is -0.338. The van der Waals surface area contributed by atoms with Gasteiger partial charge in [-0.2, -0.15) is 0 Å². The zero-order valence-corrected chi connectivity index (χ0v) is 17.7. The number of amides is 2. The third-order valence-electron chi connectivity index (χ3n) is 5.18. The fourth-order valence-corrected chi connectivity index (χ4v) is 3.48. The van der Waals surface area contributed by atoms with Crippen molar-refractivity contribution in [2.75, 3.05) is 11.9 Å². The maximum atomic E-state index is 12.8. The number of hydrogen-bond donors (Lipinski definition) is 2. The number of anilines is 1. The van der Waals surface area contributed by atoms with Crippen LogP contribution in [0, 0.1) is 0 Å². The van der Waals surface area contributed by atoms with Crippen LogP contribution in [0.4, 0.5) is 5.69 Å². The first-order chi connectivity index (χ1) is 15.6. The largest absolute Gasteiger partial charge is 0.484 e. The number of carbonyl (C=O) groups is 2. The van der Waals surface area contributed by atoms with Gasteiger partial charge in [-0.3, -0.25) is 9.59 Å². The first kappa shape index (κ1) is 21.1. The molecule has 0 aromatic heterocycles. The van der Waals surface area contributed by atoms with E-state index in [9.17, 15) is 9.59 Å². The summed E-state index contributed by atoms with van der Waals surface area (Å²) in [6.45, 7) is 1.76. The lowest BCUT2D eigenvalue weighted by molar-refractivity contribution is -0.118. The van der Waals surface area contributed by atoms with E-state index in [-0.39, 0.29) is 24.5 Å². The molecule has 0 aliphatic carbocycles. The Morgan fingerprint density at radius 2 is 1.50 bits per heavy atom. The number of nitrogens with one attached hydrogen (secondary N) is 2. The Hall–Kier alpha value is -4.12. The van der Waals surface area contributed by atoms with Gasteiger partial charge >= 0.3 is 0 Å². The third kappa shape index (κ3) is 5.13. The van der Waals surface area contributed by atoms with Crippen molar-refractivity contribution < 1.29 is 14.3 Å². The molecule has 0 aliphatic rings. The van der Waals surface area contributed by atoms with E-state index >= 15 is 0 Å². The molecule has 0 saturated carbocycles. The average molecular weight is 425 g/mol. The van der Waals surface area contributed by atoms with Gasteiger partial charge in [-0.1, -0.05) is 72.8 Å². The molecule has 2 N–H and O–H groups in total. The summed E-state index contributed by atoms with van der Waals surface area (Å²) in [4.78, 5) is 25.3. The molecule has 0 spiro atoms. The maximum Gasteiger partial charge on any atom is 0.262 e. The fourth-order valence-electron chi connectivity index (χ4n) is 3.48. The monoisotopic (exact) mass is 424 g/mol. The predicted octanol–water partition coefficient (Wildman–Crippen LogP) is 5.35. The Bertz CT molecular complexity index is 1240. The standard InChI is InChI=1S/C27H24N2O3/c1-19(20-9-3-2-4-10-20)28-27(31)24-13-7-8-14-25(24)29-26(30)18-32-23-16-15-21-11-5-6-12-22(21)17-23/h2-17,19H,18H2,1H3,(H,28,31)(H,29,30)/t19-/m1/s1. The second kappa shape index (κ2) is 9.79. The highest BCUT2D eigenvalue weighted by molar-refractivity contribution is 6.04. The number of rotatable bonds is 7. The lowest BCUT2D eigenvalue weighted by Crippen LogP contribution is -2.28. The van der Waals surface area contributed by atoms with Crippen LogP contribution in [0.25, 0.3) is 10.8 Å². The highest BCUT2D eigenvalue weighted by Crippen LogP contribution is 2.21. The van der Waals surface area contributed by atoms with Crippen LogP contribution < -0.4 is 15.4 Å². The molecule has 0 fully saturated rings. The summed E-state index contributed by atoms with van der Waals surface area (Å²) in [5, 5.41) is 7.91. The molecule has 4 rings (SSSR count).